The quantitative estimate of drug-likeness (QED) is 0.389. The molecule has 3 aromatic rings. The molecule has 4 nitrogen and oxygen atoms in total. The van der Waals surface area contributed by atoms with Crippen LogP contribution < -0.4 is 9.47 Å². The Morgan fingerprint density at radius 2 is 1.71 bits per heavy atom. The van der Waals surface area contributed by atoms with Gasteiger partial charge in [-0.1, -0.05) is 53.7 Å². The molecule has 0 saturated carbocycles. The lowest BCUT2D eigenvalue weighted by atomic mass is 10.1. The number of halogens is 4. The maximum atomic E-state index is 13.3. The maximum absolute atomic E-state index is 13.3. The first-order valence-corrected chi connectivity index (χ1v) is 9.49. The first-order chi connectivity index (χ1) is 13.4. The monoisotopic (exact) mass is 424 g/mol. The van der Waals surface area contributed by atoms with Gasteiger partial charge in [0.25, 0.3) is 0 Å². The summed E-state index contributed by atoms with van der Waals surface area (Å²) >= 11 is 7.30. The van der Waals surface area contributed by atoms with Gasteiger partial charge in [-0.3, -0.25) is 0 Å². The number of fused-ring (bicyclic) bond motifs is 1. The summed E-state index contributed by atoms with van der Waals surface area (Å²) in [4.78, 5) is 7.96. The molecule has 28 heavy (non-hydrogen) atoms. The zero-order chi connectivity index (χ0) is 19.7. The number of benzene rings is 2. The van der Waals surface area contributed by atoms with Crippen molar-refractivity contribution in [3.63, 3.8) is 0 Å². The summed E-state index contributed by atoms with van der Waals surface area (Å²) in [5, 5.41) is 0.453. The summed E-state index contributed by atoms with van der Waals surface area (Å²) in [6.07, 6.45) is -4.57. The molecule has 1 aliphatic rings. The van der Waals surface area contributed by atoms with Crippen LogP contribution in [0.25, 0.3) is 11.3 Å². The molecule has 0 bridgehead atoms. The Hall–Kier alpha value is -2.45. The molecule has 4 rings (SSSR count). The highest BCUT2D eigenvalue weighted by atomic mass is 35.5. The van der Waals surface area contributed by atoms with Gasteiger partial charge in [0, 0.05) is 22.4 Å². The van der Waals surface area contributed by atoms with Crippen molar-refractivity contribution >= 4 is 23.4 Å². The highest BCUT2D eigenvalue weighted by Gasteiger charge is 2.34. The molecule has 2 aromatic carbocycles. The summed E-state index contributed by atoms with van der Waals surface area (Å²) in [5.74, 6) is 1.38. The van der Waals surface area contributed by atoms with Crippen LogP contribution in [0.4, 0.5) is 13.2 Å². The van der Waals surface area contributed by atoms with Crippen molar-refractivity contribution in [3.05, 3.63) is 64.8 Å². The van der Waals surface area contributed by atoms with Gasteiger partial charge < -0.3 is 9.47 Å². The predicted octanol–water partition coefficient (Wildman–Crippen LogP) is 5.84. The molecular weight excluding hydrogens is 413 g/mol. The summed E-state index contributed by atoms with van der Waals surface area (Å²) in [6.45, 7) is 0.111. The number of rotatable bonds is 4. The highest BCUT2D eigenvalue weighted by molar-refractivity contribution is 7.98. The Labute approximate surface area is 167 Å². The van der Waals surface area contributed by atoms with Gasteiger partial charge >= 0.3 is 6.18 Å². The molecule has 1 aromatic heterocycles. The molecule has 144 valence electrons. The van der Waals surface area contributed by atoms with E-state index in [0.29, 0.717) is 27.6 Å². The van der Waals surface area contributed by atoms with Gasteiger partial charge in [-0.15, -0.1) is 0 Å². The first kappa shape index (κ1) is 18.9. The van der Waals surface area contributed by atoms with E-state index in [1.807, 2.05) is 0 Å². The van der Waals surface area contributed by atoms with Crippen LogP contribution in [0.2, 0.25) is 5.02 Å². The van der Waals surface area contributed by atoms with Crippen LogP contribution in [-0.2, 0) is 11.9 Å². The van der Waals surface area contributed by atoms with Gasteiger partial charge in [-0.05, 0) is 17.7 Å². The SMILES string of the molecule is FC(F)(F)c1cc(-c2ccccc2)nc(SCc2cc3c(cc2Cl)OCO3)n1. The molecule has 2 heterocycles. The number of hydrogen-bond acceptors (Lipinski definition) is 5. The first-order valence-electron chi connectivity index (χ1n) is 8.13. The number of thioether (sulfide) groups is 1. The molecular formula is C19H12ClF3N2O2S. The normalized spacial score (nSPS) is 13.0. The Kier molecular flexibility index (Phi) is 5.07. The van der Waals surface area contributed by atoms with Crippen LogP contribution in [0.3, 0.4) is 0 Å². The van der Waals surface area contributed by atoms with Gasteiger partial charge in [-0.25, -0.2) is 9.97 Å². The maximum Gasteiger partial charge on any atom is 0.433 e. The highest BCUT2D eigenvalue weighted by Crippen LogP contribution is 2.39. The lowest BCUT2D eigenvalue weighted by molar-refractivity contribution is -0.141. The second-order valence-corrected chi connectivity index (χ2v) is 7.22. The molecule has 0 fully saturated rings. The predicted molar refractivity (Wildman–Crippen MR) is 99.6 cm³/mol. The smallest absolute Gasteiger partial charge is 0.433 e. The van der Waals surface area contributed by atoms with Crippen LogP contribution in [-0.4, -0.2) is 16.8 Å². The van der Waals surface area contributed by atoms with Crippen LogP contribution in [0.5, 0.6) is 11.5 Å². The van der Waals surface area contributed by atoms with Crippen molar-refractivity contribution in [2.24, 2.45) is 0 Å². The Morgan fingerprint density at radius 1 is 1.00 bits per heavy atom. The molecule has 9 heteroatoms. The third kappa shape index (κ3) is 4.02. The second kappa shape index (κ2) is 7.52. The van der Waals surface area contributed by atoms with Crippen LogP contribution >= 0.6 is 23.4 Å². The van der Waals surface area contributed by atoms with E-state index < -0.39 is 11.9 Å². The van der Waals surface area contributed by atoms with Crippen molar-refractivity contribution in [1.29, 1.82) is 0 Å². The van der Waals surface area contributed by atoms with Crippen molar-refractivity contribution < 1.29 is 22.6 Å². The molecule has 0 unspecified atom stereocenters. The average Bonchev–Trinajstić information content (AvgIpc) is 3.13. The Bertz CT molecular complexity index is 1020. The van der Waals surface area contributed by atoms with E-state index in [9.17, 15) is 13.2 Å². The molecule has 0 atom stereocenters. The van der Waals surface area contributed by atoms with E-state index in [1.54, 1.807) is 42.5 Å². The fraction of sp³-hybridized carbons (Fsp3) is 0.158. The summed E-state index contributed by atoms with van der Waals surface area (Å²) in [7, 11) is 0. The molecule has 0 spiro atoms. The van der Waals surface area contributed by atoms with Crippen molar-refractivity contribution in [2.75, 3.05) is 6.79 Å². The zero-order valence-corrected chi connectivity index (χ0v) is 15.7. The molecule has 0 saturated heterocycles. The van der Waals surface area contributed by atoms with Crippen LogP contribution in [0, 0.1) is 0 Å². The molecule has 0 aliphatic carbocycles. The van der Waals surface area contributed by atoms with E-state index in [1.165, 1.54) is 0 Å². The van der Waals surface area contributed by atoms with Gasteiger partial charge in [0.05, 0.1) is 5.69 Å². The zero-order valence-electron chi connectivity index (χ0n) is 14.2. The number of alkyl halides is 3. The number of ether oxygens (including phenoxy) is 2. The minimum atomic E-state index is -4.57. The van der Waals surface area contributed by atoms with E-state index >= 15 is 0 Å². The van der Waals surface area contributed by atoms with E-state index in [-0.39, 0.29) is 23.4 Å². The lowest BCUT2D eigenvalue weighted by Gasteiger charge is -2.11. The second-order valence-electron chi connectivity index (χ2n) is 5.87. The van der Waals surface area contributed by atoms with Crippen LogP contribution in [0.15, 0.2) is 53.7 Å². The Balaban J connectivity index is 1.64. The summed E-state index contributed by atoms with van der Waals surface area (Å²) < 4.78 is 50.4. The number of nitrogens with zero attached hydrogens (tertiary/aromatic N) is 2. The summed E-state index contributed by atoms with van der Waals surface area (Å²) in [6, 6.07) is 13.0. The van der Waals surface area contributed by atoms with Crippen molar-refractivity contribution in [2.45, 2.75) is 17.1 Å². The van der Waals surface area contributed by atoms with Gasteiger partial charge in [-0.2, -0.15) is 13.2 Å². The number of aromatic nitrogens is 2. The third-order valence-corrected chi connectivity index (χ3v) is 5.21. The average molecular weight is 425 g/mol. The largest absolute Gasteiger partial charge is 0.454 e. The van der Waals surface area contributed by atoms with Gasteiger partial charge in [0.1, 0.15) is 5.69 Å². The van der Waals surface area contributed by atoms with E-state index in [0.717, 1.165) is 17.8 Å². The fourth-order valence-electron chi connectivity index (χ4n) is 2.60. The standard InChI is InChI=1S/C19H12ClF3N2O2S/c20-13-7-16-15(26-10-27-16)6-12(13)9-28-18-24-14(11-4-2-1-3-5-11)8-17(25-18)19(21,22)23/h1-8H,9-10H2. The van der Waals surface area contributed by atoms with E-state index in [2.05, 4.69) is 9.97 Å². The minimum absolute atomic E-state index is 0.0161. The Morgan fingerprint density at radius 3 is 2.43 bits per heavy atom. The minimum Gasteiger partial charge on any atom is -0.454 e. The van der Waals surface area contributed by atoms with Crippen molar-refractivity contribution in [1.82, 2.24) is 9.97 Å². The molecule has 0 N–H and O–H groups in total. The lowest BCUT2D eigenvalue weighted by Crippen LogP contribution is -2.10. The van der Waals surface area contributed by atoms with Gasteiger partial charge in [0.15, 0.2) is 16.7 Å². The third-order valence-electron chi connectivity index (χ3n) is 3.96. The van der Waals surface area contributed by atoms with Gasteiger partial charge in [0.2, 0.25) is 6.79 Å². The molecule has 0 radical (unpaired) electrons. The number of hydrogen-bond donors (Lipinski definition) is 0. The van der Waals surface area contributed by atoms with Crippen LogP contribution in [0.1, 0.15) is 11.3 Å². The topological polar surface area (TPSA) is 44.2 Å². The molecule has 0 amide bonds. The summed E-state index contributed by atoms with van der Waals surface area (Å²) in [5.41, 5.74) is 0.499. The molecule has 1 aliphatic heterocycles. The van der Waals surface area contributed by atoms with Crippen molar-refractivity contribution in [3.8, 4) is 22.8 Å². The van der Waals surface area contributed by atoms with E-state index in [4.69, 9.17) is 21.1 Å². The fourth-order valence-corrected chi connectivity index (χ4v) is 3.75.